The molecular weight excluding hydrogens is 204 g/mol. The first kappa shape index (κ1) is 10.6. The van der Waals surface area contributed by atoms with Crippen LogP contribution in [-0.2, 0) is 4.79 Å². The quantitative estimate of drug-likeness (QED) is 0.624. The van der Waals surface area contributed by atoms with Crippen molar-refractivity contribution in [3.63, 3.8) is 0 Å². The molecule has 0 aromatic rings. The van der Waals surface area contributed by atoms with Crippen LogP contribution in [0.25, 0.3) is 0 Å². The first-order valence-electron chi connectivity index (χ1n) is 3.69. The van der Waals surface area contributed by atoms with E-state index in [-0.39, 0.29) is 0 Å². The lowest BCUT2D eigenvalue weighted by Gasteiger charge is -1.93. The molecule has 0 aliphatic heterocycles. The predicted molar refractivity (Wildman–Crippen MR) is 51.7 cm³/mol. The first-order chi connectivity index (χ1) is 5.31. The maximum absolute atomic E-state index is 11.0. The van der Waals surface area contributed by atoms with Gasteiger partial charge in [-0.3, -0.25) is 4.79 Å². The summed E-state index contributed by atoms with van der Waals surface area (Å²) in [7, 11) is 0. The Balaban J connectivity index is 3.29. The minimum atomic E-state index is 0.315. The van der Waals surface area contributed by atoms with Crippen molar-refractivity contribution in [2.24, 2.45) is 0 Å². The normalized spacial score (nSPS) is 10.3. The maximum Gasteiger partial charge on any atom is 0.133 e. The fourth-order valence-electron chi connectivity index (χ4n) is 0.695. The average Bonchev–Trinajstić information content (AvgIpc) is 2.01. The zero-order valence-electron chi connectivity index (χ0n) is 6.55. The number of carbonyl (C=O) groups excluding carboxylic acids is 1. The first-order valence-corrected chi connectivity index (χ1v) is 4.60. The Morgan fingerprint density at radius 3 is 2.55 bits per heavy atom. The van der Waals surface area contributed by atoms with Crippen molar-refractivity contribution in [2.45, 2.75) is 25.7 Å². The summed E-state index contributed by atoms with van der Waals surface area (Å²) in [5.41, 5.74) is 0. The van der Waals surface area contributed by atoms with Gasteiger partial charge in [-0.25, -0.2) is 0 Å². The van der Waals surface area contributed by atoms with Gasteiger partial charge in [0.25, 0.3) is 0 Å². The standard InChI is InChI=1S/C9H13BrO/c1-2-3-6-9(11)7-4-5-8-10/h2,5,8H,1,3-4,6-7H2/b8-5+. The third kappa shape index (κ3) is 7.53. The van der Waals surface area contributed by atoms with Crippen molar-refractivity contribution in [3.8, 4) is 0 Å². The molecule has 2 heteroatoms. The summed E-state index contributed by atoms with van der Waals surface area (Å²) < 4.78 is 0. The van der Waals surface area contributed by atoms with E-state index in [1.807, 2.05) is 6.08 Å². The van der Waals surface area contributed by atoms with E-state index in [4.69, 9.17) is 0 Å². The van der Waals surface area contributed by atoms with Crippen LogP contribution in [0.1, 0.15) is 25.7 Å². The summed E-state index contributed by atoms with van der Waals surface area (Å²) in [4.78, 5) is 12.8. The second-order valence-electron chi connectivity index (χ2n) is 2.27. The predicted octanol–water partition coefficient (Wildman–Crippen LogP) is 3.21. The Morgan fingerprint density at radius 2 is 2.00 bits per heavy atom. The minimum Gasteiger partial charge on any atom is -0.300 e. The molecule has 0 aromatic carbocycles. The molecule has 0 saturated carbocycles. The van der Waals surface area contributed by atoms with Crippen LogP contribution in [0.15, 0.2) is 23.7 Å². The molecule has 0 radical (unpaired) electrons. The number of halogens is 1. The second kappa shape index (κ2) is 7.73. The van der Waals surface area contributed by atoms with E-state index in [1.165, 1.54) is 0 Å². The number of hydrogen-bond acceptors (Lipinski definition) is 1. The van der Waals surface area contributed by atoms with Crippen LogP contribution in [0.5, 0.6) is 0 Å². The van der Waals surface area contributed by atoms with Crippen molar-refractivity contribution in [2.75, 3.05) is 0 Å². The third-order valence-corrected chi connectivity index (χ3v) is 1.68. The topological polar surface area (TPSA) is 17.1 Å². The molecule has 0 bridgehead atoms. The number of allylic oxidation sites excluding steroid dienone is 2. The van der Waals surface area contributed by atoms with Gasteiger partial charge in [0.2, 0.25) is 0 Å². The van der Waals surface area contributed by atoms with Gasteiger partial charge in [0.05, 0.1) is 0 Å². The van der Waals surface area contributed by atoms with Gasteiger partial charge in [-0.05, 0) is 17.8 Å². The van der Waals surface area contributed by atoms with E-state index in [2.05, 4.69) is 22.5 Å². The third-order valence-electron chi connectivity index (χ3n) is 1.31. The monoisotopic (exact) mass is 216 g/mol. The molecule has 1 nitrogen and oxygen atoms in total. The van der Waals surface area contributed by atoms with Crippen molar-refractivity contribution in [3.05, 3.63) is 23.7 Å². The highest BCUT2D eigenvalue weighted by atomic mass is 79.9. The van der Waals surface area contributed by atoms with Gasteiger partial charge in [0.15, 0.2) is 0 Å². The molecule has 0 rings (SSSR count). The number of hydrogen-bond donors (Lipinski definition) is 0. The van der Waals surface area contributed by atoms with Gasteiger partial charge < -0.3 is 0 Å². The molecule has 0 N–H and O–H groups in total. The number of ketones is 1. The lowest BCUT2D eigenvalue weighted by molar-refractivity contribution is -0.118. The summed E-state index contributed by atoms with van der Waals surface area (Å²) in [5, 5.41) is 0. The number of Topliss-reactive ketones (excluding diaryl/α,β-unsaturated/α-hetero) is 1. The molecule has 0 atom stereocenters. The molecule has 11 heavy (non-hydrogen) atoms. The SMILES string of the molecule is C=CCCC(=O)CC/C=C/Br. The summed E-state index contributed by atoms with van der Waals surface area (Å²) in [6.45, 7) is 3.56. The Hall–Kier alpha value is -0.370. The average molecular weight is 217 g/mol. The van der Waals surface area contributed by atoms with Gasteiger partial charge in [-0.2, -0.15) is 0 Å². The number of carbonyl (C=O) groups is 1. The Bertz CT molecular complexity index is 150. The lowest BCUT2D eigenvalue weighted by Crippen LogP contribution is -1.94. The molecular formula is C9H13BrO. The van der Waals surface area contributed by atoms with Crippen LogP contribution < -0.4 is 0 Å². The number of rotatable bonds is 6. The molecule has 0 unspecified atom stereocenters. The van der Waals surface area contributed by atoms with Crippen molar-refractivity contribution in [1.29, 1.82) is 0 Å². The van der Waals surface area contributed by atoms with Gasteiger partial charge in [-0.15, -0.1) is 6.58 Å². The van der Waals surface area contributed by atoms with Crippen LogP contribution >= 0.6 is 15.9 Å². The van der Waals surface area contributed by atoms with Crippen LogP contribution in [-0.4, -0.2) is 5.78 Å². The summed E-state index contributed by atoms with van der Waals surface area (Å²) in [6.07, 6.45) is 6.64. The van der Waals surface area contributed by atoms with Gasteiger partial charge in [-0.1, -0.05) is 28.1 Å². The Morgan fingerprint density at radius 1 is 1.36 bits per heavy atom. The van der Waals surface area contributed by atoms with E-state index < -0.39 is 0 Å². The zero-order chi connectivity index (χ0) is 8.53. The van der Waals surface area contributed by atoms with E-state index >= 15 is 0 Å². The molecule has 0 spiro atoms. The van der Waals surface area contributed by atoms with E-state index in [0.717, 1.165) is 12.8 Å². The van der Waals surface area contributed by atoms with Crippen molar-refractivity contribution >= 4 is 21.7 Å². The summed E-state index contributed by atoms with van der Waals surface area (Å²) >= 11 is 3.14. The molecule has 0 fully saturated rings. The Labute approximate surface area is 76.3 Å². The van der Waals surface area contributed by atoms with E-state index in [9.17, 15) is 4.79 Å². The second-order valence-corrected chi connectivity index (χ2v) is 2.80. The molecule has 0 aromatic heterocycles. The molecule has 62 valence electrons. The largest absolute Gasteiger partial charge is 0.300 e. The Kier molecular flexibility index (Phi) is 7.47. The highest BCUT2D eigenvalue weighted by molar-refractivity contribution is 9.11. The zero-order valence-corrected chi connectivity index (χ0v) is 8.14. The van der Waals surface area contributed by atoms with Crippen LogP contribution in [0.2, 0.25) is 0 Å². The molecule has 0 aliphatic carbocycles. The molecule has 0 heterocycles. The van der Waals surface area contributed by atoms with Gasteiger partial charge in [0, 0.05) is 12.8 Å². The summed E-state index contributed by atoms with van der Waals surface area (Å²) in [6, 6.07) is 0. The molecule has 0 aliphatic rings. The minimum absolute atomic E-state index is 0.315. The maximum atomic E-state index is 11.0. The van der Waals surface area contributed by atoms with Crippen molar-refractivity contribution in [1.82, 2.24) is 0 Å². The van der Waals surface area contributed by atoms with E-state index in [0.29, 0.717) is 18.6 Å². The smallest absolute Gasteiger partial charge is 0.133 e. The fraction of sp³-hybridized carbons (Fsp3) is 0.444. The van der Waals surface area contributed by atoms with Crippen LogP contribution in [0, 0.1) is 0 Å². The lowest BCUT2D eigenvalue weighted by atomic mass is 10.1. The molecule has 0 saturated heterocycles. The molecule has 0 amide bonds. The highest BCUT2D eigenvalue weighted by Gasteiger charge is 1.97. The van der Waals surface area contributed by atoms with Crippen molar-refractivity contribution < 1.29 is 4.79 Å². The highest BCUT2D eigenvalue weighted by Crippen LogP contribution is 2.00. The summed E-state index contributed by atoms with van der Waals surface area (Å²) in [5.74, 6) is 0.315. The van der Waals surface area contributed by atoms with Gasteiger partial charge >= 0.3 is 0 Å². The van der Waals surface area contributed by atoms with E-state index in [1.54, 1.807) is 11.1 Å². The van der Waals surface area contributed by atoms with Crippen LogP contribution in [0.4, 0.5) is 0 Å². The fourth-order valence-corrected chi connectivity index (χ4v) is 0.960. The van der Waals surface area contributed by atoms with Crippen LogP contribution in [0.3, 0.4) is 0 Å². The van der Waals surface area contributed by atoms with Gasteiger partial charge in [0.1, 0.15) is 5.78 Å².